The first-order valence-corrected chi connectivity index (χ1v) is 12.1. The van der Waals surface area contributed by atoms with E-state index in [0.29, 0.717) is 0 Å². The quantitative estimate of drug-likeness (QED) is 0.367. The van der Waals surface area contributed by atoms with Crippen LogP contribution in [0.3, 0.4) is 0 Å². The van der Waals surface area contributed by atoms with Gasteiger partial charge in [-0.3, -0.25) is 9.80 Å². The van der Waals surface area contributed by atoms with E-state index >= 15 is 0 Å². The fourth-order valence-electron chi connectivity index (χ4n) is 5.07. The van der Waals surface area contributed by atoms with Gasteiger partial charge in [0.2, 0.25) is 0 Å². The Labute approximate surface area is 205 Å². The van der Waals surface area contributed by atoms with Gasteiger partial charge < -0.3 is 4.98 Å². The summed E-state index contributed by atoms with van der Waals surface area (Å²) >= 11 is 0. The van der Waals surface area contributed by atoms with Crippen LogP contribution in [0.25, 0.3) is 11.4 Å². The molecule has 6 heteroatoms. The summed E-state index contributed by atoms with van der Waals surface area (Å²) in [5.74, 6) is 0.389. The first-order valence-electron chi connectivity index (χ1n) is 12.1. The standard InChI is InChI=1S/C29H30F2N4/c1-20-27(33-29(32-20)24-6-4-3-5-7-24)21(2)34-16-18-35(19-17-34)28(22-8-12-25(30)13-9-22)23-10-14-26(31)15-11-23/h3-15,21,28H,16-19H2,1-2H3,(H,32,33). The number of aryl methyl sites for hydroxylation is 1. The highest BCUT2D eigenvalue weighted by Gasteiger charge is 2.30. The van der Waals surface area contributed by atoms with Crippen molar-refractivity contribution in [3.63, 3.8) is 0 Å². The Hall–Kier alpha value is -3.35. The SMILES string of the molecule is Cc1[nH]c(-c2ccccc2)nc1C(C)N1CCN(C(c2ccc(F)cc2)c2ccc(F)cc2)CC1. The molecule has 1 N–H and O–H groups in total. The van der Waals surface area contributed by atoms with Gasteiger partial charge in [-0.2, -0.15) is 0 Å². The average molecular weight is 473 g/mol. The first-order chi connectivity index (χ1) is 17.0. The van der Waals surface area contributed by atoms with Crippen molar-refractivity contribution in [2.24, 2.45) is 0 Å². The molecule has 0 spiro atoms. The number of nitrogens with zero attached hydrogens (tertiary/aromatic N) is 3. The van der Waals surface area contributed by atoms with Crippen LogP contribution in [-0.4, -0.2) is 45.9 Å². The lowest BCUT2D eigenvalue weighted by molar-refractivity contribution is 0.0825. The molecule has 35 heavy (non-hydrogen) atoms. The summed E-state index contributed by atoms with van der Waals surface area (Å²) in [4.78, 5) is 13.2. The van der Waals surface area contributed by atoms with Gasteiger partial charge in [0.05, 0.1) is 17.8 Å². The van der Waals surface area contributed by atoms with Gasteiger partial charge in [0.15, 0.2) is 0 Å². The molecule has 3 aromatic carbocycles. The maximum absolute atomic E-state index is 13.6. The van der Waals surface area contributed by atoms with E-state index < -0.39 is 0 Å². The van der Waals surface area contributed by atoms with Crippen LogP contribution in [0.4, 0.5) is 8.78 Å². The molecule has 0 bridgehead atoms. The number of aromatic nitrogens is 2. The second-order valence-corrected chi connectivity index (χ2v) is 9.22. The van der Waals surface area contributed by atoms with Crippen LogP contribution >= 0.6 is 0 Å². The number of H-pyrrole nitrogens is 1. The number of aromatic amines is 1. The molecular weight excluding hydrogens is 442 g/mol. The summed E-state index contributed by atoms with van der Waals surface area (Å²) in [5.41, 5.74) is 5.27. The van der Waals surface area contributed by atoms with Gasteiger partial charge in [-0.1, -0.05) is 54.6 Å². The van der Waals surface area contributed by atoms with E-state index in [1.165, 1.54) is 24.3 Å². The van der Waals surface area contributed by atoms with Crippen molar-refractivity contribution in [1.82, 2.24) is 19.8 Å². The summed E-state index contributed by atoms with van der Waals surface area (Å²) in [6.45, 7) is 7.75. The van der Waals surface area contributed by atoms with E-state index in [2.05, 4.69) is 40.8 Å². The van der Waals surface area contributed by atoms with Crippen LogP contribution in [0.15, 0.2) is 78.9 Å². The highest BCUT2D eigenvalue weighted by molar-refractivity contribution is 5.55. The van der Waals surface area contributed by atoms with Crippen molar-refractivity contribution in [1.29, 1.82) is 0 Å². The van der Waals surface area contributed by atoms with Crippen LogP contribution in [-0.2, 0) is 0 Å². The molecule has 0 amide bonds. The highest BCUT2D eigenvalue weighted by atomic mass is 19.1. The summed E-state index contributed by atoms with van der Waals surface area (Å²) in [5, 5.41) is 0. The molecule has 2 heterocycles. The number of piperazine rings is 1. The zero-order chi connectivity index (χ0) is 24.4. The highest BCUT2D eigenvalue weighted by Crippen LogP contribution is 2.32. The van der Waals surface area contributed by atoms with Crippen molar-refractivity contribution in [2.45, 2.75) is 25.9 Å². The van der Waals surface area contributed by atoms with Crippen LogP contribution < -0.4 is 0 Å². The van der Waals surface area contributed by atoms with Crippen LogP contribution in [0, 0.1) is 18.6 Å². The fraction of sp³-hybridized carbons (Fsp3) is 0.276. The van der Waals surface area contributed by atoms with Crippen LogP contribution in [0.1, 0.15) is 41.5 Å². The Balaban J connectivity index is 1.33. The molecule has 1 fully saturated rings. The number of rotatable bonds is 6. The van der Waals surface area contributed by atoms with Crippen molar-refractivity contribution in [3.8, 4) is 11.4 Å². The van der Waals surface area contributed by atoms with Gasteiger partial charge in [0.1, 0.15) is 17.5 Å². The molecular formula is C29H30F2N4. The zero-order valence-electron chi connectivity index (χ0n) is 20.1. The number of hydrogen-bond acceptors (Lipinski definition) is 3. The number of nitrogens with one attached hydrogen (secondary N) is 1. The lowest BCUT2D eigenvalue weighted by Crippen LogP contribution is -2.48. The van der Waals surface area contributed by atoms with E-state index in [4.69, 9.17) is 4.98 Å². The van der Waals surface area contributed by atoms with Crippen molar-refractivity contribution < 1.29 is 8.78 Å². The van der Waals surface area contributed by atoms with E-state index in [1.54, 1.807) is 0 Å². The largest absolute Gasteiger partial charge is 0.342 e. The van der Waals surface area contributed by atoms with Gasteiger partial charge in [-0.05, 0) is 49.2 Å². The fourth-order valence-corrected chi connectivity index (χ4v) is 5.07. The van der Waals surface area contributed by atoms with Gasteiger partial charge in [-0.25, -0.2) is 13.8 Å². The minimum atomic E-state index is -0.255. The summed E-state index contributed by atoms with van der Waals surface area (Å²) in [6.07, 6.45) is 0. The Morgan fingerprint density at radius 1 is 0.743 bits per heavy atom. The monoisotopic (exact) mass is 472 g/mol. The van der Waals surface area contributed by atoms with Crippen LogP contribution in [0.5, 0.6) is 0 Å². The smallest absolute Gasteiger partial charge is 0.137 e. The topological polar surface area (TPSA) is 35.2 Å². The molecule has 1 unspecified atom stereocenters. The van der Waals surface area contributed by atoms with Crippen LogP contribution in [0.2, 0.25) is 0 Å². The Morgan fingerprint density at radius 3 is 1.80 bits per heavy atom. The minimum absolute atomic E-state index is 0.0505. The summed E-state index contributed by atoms with van der Waals surface area (Å²) in [6, 6.07) is 23.6. The second kappa shape index (κ2) is 10.1. The molecule has 0 radical (unpaired) electrons. The number of hydrogen-bond donors (Lipinski definition) is 1. The summed E-state index contributed by atoms with van der Waals surface area (Å²) < 4.78 is 27.2. The van der Waals surface area contributed by atoms with Gasteiger partial charge in [0.25, 0.3) is 0 Å². The molecule has 4 aromatic rings. The Morgan fingerprint density at radius 2 is 1.26 bits per heavy atom. The molecule has 1 aliphatic rings. The lowest BCUT2D eigenvalue weighted by atomic mass is 9.96. The molecule has 180 valence electrons. The van der Waals surface area contributed by atoms with Gasteiger partial charge in [0, 0.05) is 37.4 Å². The first kappa shape index (κ1) is 23.4. The van der Waals surface area contributed by atoms with Crippen molar-refractivity contribution >= 4 is 0 Å². The molecule has 1 saturated heterocycles. The third-order valence-corrected chi connectivity index (χ3v) is 7.00. The second-order valence-electron chi connectivity index (χ2n) is 9.22. The maximum atomic E-state index is 13.6. The van der Waals surface area contributed by atoms with Crippen molar-refractivity contribution in [3.05, 3.63) is 113 Å². The Bertz CT molecular complexity index is 1200. The zero-order valence-corrected chi connectivity index (χ0v) is 20.1. The average Bonchev–Trinajstić information content (AvgIpc) is 3.28. The number of halogens is 2. The maximum Gasteiger partial charge on any atom is 0.137 e. The lowest BCUT2D eigenvalue weighted by Gasteiger charge is -2.41. The minimum Gasteiger partial charge on any atom is -0.342 e. The molecule has 0 saturated carbocycles. The molecule has 4 nitrogen and oxygen atoms in total. The molecule has 5 rings (SSSR count). The van der Waals surface area contributed by atoms with Crippen molar-refractivity contribution in [2.75, 3.05) is 26.2 Å². The predicted octanol–water partition coefficient (Wildman–Crippen LogP) is 6.13. The third kappa shape index (κ3) is 5.04. The number of imidazole rings is 1. The summed E-state index contributed by atoms with van der Waals surface area (Å²) in [7, 11) is 0. The van der Waals surface area contributed by atoms with E-state index in [9.17, 15) is 8.78 Å². The van der Waals surface area contributed by atoms with E-state index in [1.807, 2.05) is 42.5 Å². The normalized spacial score (nSPS) is 16.0. The molecule has 1 aliphatic heterocycles. The third-order valence-electron chi connectivity index (χ3n) is 7.00. The molecule has 1 atom stereocenters. The Kier molecular flexibility index (Phi) is 6.75. The van der Waals surface area contributed by atoms with Gasteiger partial charge in [-0.15, -0.1) is 0 Å². The van der Waals surface area contributed by atoms with Gasteiger partial charge >= 0.3 is 0 Å². The molecule has 0 aliphatic carbocycles. The van der Waals surface area contributed by atoms with E-state index in [0.717, 1.165) is 60.1 Å². The predicted molar refractivity (Wildman–Crippen MR) is 135 cm³/mol. The molecule has 1 aromatic heterocycles. The number of benzene rings is 3. The van der Waals surface area contributed by atoms with E-state index in [-0.39, 0.29) is 23.7 Å².